The number of rotatable bonds is 7. The molecule has 0 saturated carbocycles. The summed E-state index contributed by atoms with van der Waals surface area (Å²) in [6, 6.07) is 21.1. The predicted octanol–water partition coefficient (Wildman–Crippen LogP) is 8.57. The average Bonchev–Trinajstić information content (AvgIpc) is 3.29. The Labute approximate surface area is 227 Å². The minimum absolute atomic E-state index is 0.220. The van der Waals surface area contributed by atoms with Crippen LogP contribution in [0.5, 0.6) is 5.75 Å². The summed E-state index contributed by atoms with van der Waals surface area (Å²) in [5.74, 6) is 1.16. The van der Waals surface area contributed by atoms with Crippen LogP contribution in [0.15, 0.2) is 60.7 Å². The molecule has 0 unspecified atom stereocenters. The van der Waals surface area contributed by atoms with E-state index in [9.17, 15) is 5.11 Å². The van der Waals surface area contributed by atoms with Crippen LogP contribution in [0.25, 0.3) is 33.9 Å². The Bertz CT molecular complexity index is 1280. The highest BCUT2D eigenvalue weighted by atomic mass is 16.3. The maximum absolute atomic E-state index is 11.2. The van der Waals surface area contributed by atoms with Crippen LogP contribution < -0.4 is 10.6 Å². The van der Waals surface area contributed by atoms with Gasteiger partial charge in [-0.25, -0.2) is 4.98 Å². The minimum Gasteiger partial charge on any atom is -0.507 e. The van der Waals surface area contributed by atoms with E-state index in [4.69, 9.17) is 4.98 Å². The molecule has 200 valence electrons. The number of aromatic hydroxyl groups is 1. The summed E-state index contributed by atoms with van der Waals surface area (Å²) < 4.78 is 0. The van der Waals surface area contributed by atoms with E-state index in [0.29, 0.717) is 5.75 Å². The highest BCUT2D eigenvalue weighted by Gasteiger charge is 2.28. The zero-order chi connectivity index (χ0) is 27.7. The number of H-pyrrole nitrogens is 1. The third kappa shape index (κ3) is 5.72. The maximum atomic E-state index is 11.2. The molecular formula is C33H42N4O. The highest BCUT2D eigenvalue weighted by molar-refractivity contribution is 5.82. The smallest absolute Gasteiger partial charge is 0.138 e. The molecule has 1 aromatic heterocycles. The van der Waals surface area contributed by atoms with Gasteiger partial charge in [0.25, 0.3) is 0 Å². The second-order valence-electron chi connectivity index (χ2n) is 11.9. The number of nitrogens with one attached hydrogen (secondary N) is 3. The van der Waals surface area contributed by atoms with Crippen molar-refractivity contribution in [3.8, 4) is 39.7 Å². The SMILES string of the molecule is CCNc1ccc(-c2nc(-c3cc(C(C)(C)C)c(O)c(C(C)(C)C)c3)[nH]c2-c2ccc(NCC)cc2)cc1. The number of imidazole rings is 1. The Hall–Kier alpha value is -3.73. The van der Waals surface area contributed by atoms with Crippen molar-refractivity contribution in [3.05, 3.63) is 71.8 Å². The molecule has 4 N–H and O–H groups in total. The van der Waals surface area contributed by atoms with Crippen molar-refractivity contribution >= 4 is 11.4 Å². The molecule has 5 nitrogen and oxygen atoms in total. The van der Waals surface area contributed by atoms with Gasteiger partial charge in [-0.15, -0.1) is 0 Å². The molecule has 0 amide bonds. The molecule has 0 bridgehead atoms. The third-order valence-electron chi connectivity index (χ3n) is 6.80. The maximum Gasteiger partial charge on any atom is 0.138 e. The molecular weight excluding hydrogens is 468 g/mol. The van der Waals surface area contributed by atoms with Crippen LogP contribution in [0, 0.1) is 0 Å². The molecule has 5 heteroatoms. The normalized spacial score (nSPS) is 12.0. The lowest BCUT2D eigenvalue weighted by Gasteiger charge is -2.28. The lowest BCUT2D eigenvalue weighted by Crippen LogP contribution is -2.17. The molecule has 0 aliphatic carbocycles. The summed E-state index contributed by atoms with van der Waals surface area (Å²) in [7, 11) is 0. The lowest BCUT2D eigenvalue weighted by atomic mass is 9.78. The molecule has 0 aliphatic heterocycles. The van der Waals surface area contributed by atoms with Gasteiger partial charge in [-0.05, 0) is 61.1 Å². The molecule has 0 fully saturated rings. The first-order chi connectivity index (χ1) is 17.9. The zero-order valence-corrected chi connectivity index (χ0v) is 24.1. The minimum atomic E-state index is -0.220. The number of anilines is 2. The van der Waals surface area contributed by atoms with Crippen LogP contribution in [0.3, 0.4) is 0 Å². The molecule has 0 saturated heterocycles. The highest BCUT2D eigenvalue weighted by Crippen LogP contribution is 2.42. The van der Waals surface area contributed by atoms with Crippen molar-refractivity contribution in [1.82, 2.24) is 9.97 Å². The van der Waals surface area contributed by atoms with Gasteiger partial charge in [0.05, 0.1) is 11.4 Å². The van der Waals surface area contributed by atoms with Crippen LogP contribution in [0.1, 0.15) is 66.5 Å². The van der Waals surface area contributed by atoms with Crippen LogP contribution in [0.2, 0.25) is 0 Å². The molecule has 4 aromatic rings. The second-order valence-corrected chi connectivity index (χ2v) is 11.9. The predicted molar refractivity (Wildman–Crippen MR) is 162 cm³/mol. The monoisotopic (exact) mass is 510 g/mol. The van der Waals surface area contributed by atoms with Crippen LogP contribution in [-0.2, 0) is 10.8 Å². The van der Waals surface area contributed by atoms with Gasteiger partial charge in [0.15, 0.2) is 0 Å². The molecule has 0 radical (unpaired) electrons. The molecule has 38 heavy (non-hydrogen) atoms. The molecule has 0 aliphatic rings. The lowest BCUT2D eigenvalue weighted by molar-refractivity contribution is 0.423. The number of phenols is 1. The quantitative estimate of drug-likeness (QED) is 0.201. The van der Waals surface area contributed by atoms with E-state index in [1.807, 2.05) is 0 Å². The van der Waals surface area contributed by atoms with Crippen LogP contribution in [-0.4, -0.2) is 28.2 Å². The van der Waals surface area contributed by atoms with Gasteiger partial charge in [0.2, 0.25) is 0 Å². The van der Waals surface area contributed by atoms with Gasteiger partial charge in [-0.3, -0.25) is 0 Å². The zero-order valence-electron chi connectivity index (χ0n) is 24.1. The number of aromatic amines is 1. The molecule has 1 heterocycles. The van der Waals surface area contributed by atoms with E-state index < -0.39 is 0 Å². The fourth-order valence-corrected chi connectivity index (χ4v) is 4.75. The van der Waals surface area contributed by atoms with Crippen molar-refractivity contribution < 1.29 is 5.11 Å². The summed E-state index contributed by atoms with van der Waals surface area (Å²) in [5, 5.41) is 18.0. The van der Waals surface area contributed by atoms with E-state index in [2.05, 4.69) is 132 Å². The summed E-state index contributed by atoms with van der Waals surface area (Å²) in [6.07, 6.45) is 0. The number of hydrogen-bond acceptors (Lipinski definition) is 4. The average molecular weight is 511 g/mol. The summed E-state index contributed by atoms with van der Waals surface area (Å²) in [4.78, 5) is 8.82. The van der Waals surface area contributed by atoms with Crippen molar-refractivity contribution in [1.29, 1.82) is 0 Å². The first-order valence-electron chi connectivity index (χ1n) is 13.6. The topological polar surface area (TPSA) is 73.0 Å². The Balaban J connectivity index is 1.92. The number of phenolic OH excluding ortho intramolecular Hbond substituents is 1. The fraction of sp³-hybridized carbons (Fsp3) is 0.364. The summed E-state index contributed by atoms with van der Waals surface area (Å²) >= 11 is 0. The van der Waals surface area contributed by atoms with E-state index in [0.717, 1.165) is 69.5 Å². The van der Waals surface area contributed by atoms with Gasteiger partial charge in [0, 0.05) is 52.3 Å². The number of nitrogens with zero attached hydrogens (tertiary/aromatic N) is 1. The summed E-state index contributed by atoms with van der Waals surface area (Å²) in [6.45, 7) is 18.8. The largest absolute Gasteiger partial charge is 0.507 e. The van der Waals surface area contributed by atoms with Gasteiger partial charge in [-0.2, -0.15) is 0 Å². The third-order valence-corrected chi connectivity index (χ3v) is 6.80. The molecule has 4 rings (SSSR count). The van der Waals surface area contributed by atoms with Crippen molar-refractivity contribution in [2.45, 2.75) is 66.2 Å². The van der Waals surface area contributed by atoms with Gasteiger partial charge >= 0.3 is 0 Å². The van der Waals surface area contributed by atoms with Crippen molar-refractivity contribution in [2.24, 2.45) is 0 Å². The fourth-order valence-electron chi connectivity index (χ4n) is 4.75. The van der Waals surface area contributed by atoms with E-state index >= 15 is 0 Å². The second kappa shape index (κ2) is 10.6. The number of aromatic nitrogens is 2. The number of hydrogen-bond donors (Lipinski definition) is 4. The Kier molecular flexibility index (Phi) is 7.59. The van der Waals surface area contributed by atoms with Crippen molar-refractivity contribution in [3.63, 3.8) is 0 Å². The molecule has 0 atom stereocenters. The summed E-state index contributed by atoms with van der Waals surface area (Å²) in [5.41, 5.74) is 8.55. The van der Waals surface area contributed by atoms with Gasteiger partial charge < -0.3 is 20.7 Å². The van der Waals surface area contributed by atoms with Gasteiger partial charge in [-0.1, -0.05) is 65.8 Å². The number of benzene rings is 3. The standard InChI is InChI=1S/C33H42N4O/c1-9-34-24-15-11-21(12-16-24)28-29(22-13-17-25(18-14-22)35-10-2)37-31(36-28)23-19-26(32(3,4)5)30(38)27(20-23)33(6,7)8/h11-20,34-35,38H,9-10H2,1-8H3,(H,36,37). The Morgan fingerprint density at radius 2 is 1.13 bits per heavy atom. The van der Waals surface area contributed by atoms with E-state index in [1.165, 1.54) is 0 Å². The molecule has 0 spiro atoms. The van der Waals surface area contributed by atoms with Crippen molar-refractivity contribution in [2.75, 3.05) is 23.7 Å². The first-order valence-corrected chi connectivity index (χ1v) is 13.6. The Morgan fingerprint density at radius 1 is 0.684 bits per heavy atom. The van der Waals surface area contributed by atoms with Crippen LogP contribution in [0.4, 0.5) is 11.4 Å². The Morgan fingerprint density at radius 3 is 1.55 bits per heavy atom. The van der Waals surface area contributed by atoms with Crippen LogP contribution >= 0.6 is 0 Å². The molecule has 3 aromatic carbocycles. The van der Waals surface area contributed by atoms with Gasteiger partial charge in [0.1, 0.15) is 11.6 Å². The van der Waals surface area contributed by atoms with E-state index in [-0.39, 0.29) is 10.8 Å². The van der Waals surface area contributed by atoms with E-state index in [1.54, 1.807) is 0 Å². The first kappa shape index (κ1) is 27.3.